The lowest BCUT2D eigenvalue weighted by atomic mass is 9.90. The Hall–Kier alpha value is -3.53. The van der Waals surface area contributed by atoms with Crippen molar-refractivity contribution in [2.45, 2.75) is 25.8 Å². The highest BCUT2D eigenvalue weighted by Gasteiger charge is 2.26. The molecular formula is C22H21F2N7O. The zero-order valence-corrected chi connectivity index (χ0v) is 17.4. The van der Waals surface area contributed by atoms with E-state index < -0.39 is 12.3 Å². The van der Waals surface area contributed by atoms with Crippen molar-refractivity contribution in [1.82, 2.24) is 35.1 Å². The van der Waals surface area contributed by atoms with E-state index in [1.54, 1.807) is 16.8 Å². The van der Waals surface area contributed by atoms with E-state index >= 15 is 0 Å². The molecule has 0 unspecified atom stereocenters. The molecule has 1 fully saturated rings. The molecule has 0 saturated carbocycles. The first-order valence-corrected chi connectivity index (χ1v) is 10.4. The Morgan fingerprint density at radius 2 is 1.97 bits per heavy atom. The fourth-order valence-corrected chi connectivity index (χ4v) is 3.75. The van der Waals surface area contributed by atoms with E-state index in [2.05, 4.69) is 55.5 Å². The third-order valence-corrected chi connectivity index (χ3v) is 5.62. The minimum Gasteiger partial charge on any atom is -0.415 e. The maximum absolute atomic E-state index is 12.6. The number of hydrogen-bond donors (Lipinski definition) is 0. The smallest absolute Gasteiger partial charge is 0.314 e. The fraction of sp³-hybridized carbons (Fsp3) is 0.318. The second-order valence-corrected chi connectivity index (χ2v) is 7.76. The molecule has 0 atom stereocenters. The van der Waals surface area contributed by atoms with Crippen LogP contribution in [0.4, 0.5) is 8.78 Å². The number of aromatic nitrogens is 6. The minimum absolute atomic E-state index is 0.00999. The molecule has 0 radical (unpaired) electrons. The third-order valence-electron chi connectivity index (χ3n) is 5.62. The molecule has 164 valence electrons. The SMILES string of the molecule is CCN1CC(c2cccc(-c3cn(Cc4ccc(-c5nnc(C(F)F)o5)cn4)nn3)c2)C1. The summed E-state index contributed by atoms with van der Waals surface area (Å²) in [5.74, 6) is -0.123. The summed E-state index contributed by atoms with van der Waals surface area (Å²) in [6.45, 7) is 5.89. The number of rotatable bonds is 7. The summed E-state index contributed by atoms with van der Waals surface area (Å²) in [4.78, 5) is 6.77. The van der Waals surface area contributed by atoms with Gasteiger partial charge in [0.15, 0.2) is 0 Å². The average Bonchev–Trinajstić information content (AvgIpc) is 3.44. The maximum atomic E-state index is 12.6. The molecule has 5 rings (SSSR count). The molecule has 1 aliphatic heterocycles. The molecule has 32 heavy (non-hydrogen) atoms. The molecule has 0 amide bonds. The third kappa shape index (κ3) is 4.13. The number of nitrogens with zero attached hydrogens (tertiary/aromatic N) is 7. The van der Waals surface area contributed by atoms with Gasteiger partial charge in [0.1, 0.15) is 5.69 Å². The molecule has 0 spiro atoms. The lowest BCUT2D eigenvalue weighted by Gasteiger charge is -2.39. The minimum atomic E-state index is -2.80. The van der Waals surface area contributed by atoms with Crippen LogP contribution >= 0.6 is 0 Å². The molecular weight excluding hydrogens is 416 g/mol. The van der Waals surface area contributed by atoms with Crippen LogP contribution in [0, 0.1) is 0 Å². The summed E-state index contributed by atoms with van der Waals surface area (Å²) in [6.07, 6.45) is 0.601. The van der Waals surface area contributed by atoms with Crippen LogP contribution in [0.2, 0.25) is 0 Å². The summed E-state index contributed by atoms with van der Waals surface area (Å²) in [7, 11) is 0. The number of likely N-dealkylation sites (tertiary alicyclic amines) is 1. The van der Waals surface area contributed by atoms with Crippen LogP contribution in [0.3, 0.4) is 0 Å². The molecule has 4 aromatic rings. The van der Waals surface area contributed by atoms with Crippen molar-refractivity contribution in [2.24, 2.45) is 0 Å². The Bertz CT molecular complexity index is 1200. The largest absolute Gasteiger partial charge is 0.415 e. The summed E-state index contributed by atoms with van der Waals surface area (Å²) < 4.78 is 31.9. The highest BCUT2D eigenvalue weighted by Crippen LogP contribution is 2.29. The van der Waals surface area contributed by atoms with Crippen molar-refractivity contribution < 1.29 is 13.2 Å². The lowest BCUT2D eigenvalue weighted by Crippen LogP contribution is -2.44. The molecule has 1 aromatic carbocycles. The van der Waals surface area contributed by atoms with Crippen molar-refractivity contribution in [3.05, 3.63) is 65.9 Å². The summed E-state index contributed by atoms with van der Waals surface area (Å²) in [6, 6.07) is 11.9. The van der Waals surface area contributed by atoms with Gasteiger partial charge in [0.2, 0.25) is 5.89 Å². The molecule has 8 nitrogen and oxygen atoms in total. The first-order chi connectivity index (χ1) is 15.6. The van der Waals surface area contributed by atoms with Gasteiger partial charge in [0, 0.05) is 30.8 Å². The normalized spacial score (nSPS) is 14.8. The van der Waals surface area contributed by atoms with Crippen molar-refractivity contribution in [2.75, 3.05) is 19.6 Å². The van der Waals surface area contributed by atoms with Gasteiger partial charge in [0.25, 0.3) is 5.89 Å². The Balaban J connectivity index is 1.26. The quantitative estimate of drug-likeness (QED) is 0.435. The number of hydrogen-bond acceptors (Lipinski definition) is 7. The van der Waals surface area contributed by atoms with Crippen molar-refractivity contribution in [1.29, 1.82) is 0 Å². The van der Waals surface area contributed by atoms with E-state index in [-0.39, 0.29) is 5.89 Å². The second-order valence-electron chi connectivity index (χ2n) is 7.76. The van der Waals surface area contributed by atoms with Crippen LogP contribution in [0.15, 0.2) is 53.2 Å². The highest BCUT2D eigenvalue weighted by molar-refractivity contribution is 5.59. The topological polar surface area (TPSA) is 85.8 Å². The van der Waals surface area contributed by atoms with E-state index in [0.717, 1.165) is 36.6 Å². The number of pyridine rings is 1. The van der Waals surface area contributed by atoms with Crippen LogP contribution in [-0.2, 0) is 6.54 Å². The van der Waals surface area contributed by atoms with Crippen molar-refractivity contribution in [3.8, 4) is 22.7 Å². The first kappa shape index (κ1) is 20.4. The molecule has 1 saturated heterocycles. The van der Waals surface area contributed by atoms with Crippen LogP contribution in [0.25, 0.3) is 22.7 Å². The maximum Gasteiger partial charge on any atom is 0.314 e. The van der Waals surface area contributed by atoms with Gasteiger partial charge >= 0.3 is 6.43 Å². The zero-order valence-electron chi connectivity index (χ0n) is 17.4. The Kier molecular flexibility index (Phi) is 5.44. The Morgan fingerprint density at radius 3 is 2.69 bits per heavy atom. The first-order valence-electron chi connectivity index (χ1n) is 10.4. The second kappa shape index (κ2) is 8.54. The number of likely N-dealkylation sites (N-methyl/N-ethyl adjacent to an activating group) is 1. The molecule has 10 heteroatoms. The molecule has 0 N–H and O–H groups in total. The lowest BCUT2D eigenvalue weighted by molar-refractivity contribution is 0.116. The molecule has 0 aliphatic carbocycles. The van der Waals surface area contributed by atoms with E-state index in [1.165, 1.54) is 11.8 Å². The van der Waals surface area contributed by atoms with Gasteiger partial charge in [-0.15, -0.1) is 15.3 Å². The molecule has 4 heterocycles. The van der Waals surface area contributed by atoms with E-state index in [0.29, 0.717) is 18.0 Å². The van der Waals surface area contributed by atoms with Gasteiger partial charge in [-0.1, -0.05) is 30.3 Å². The van der Waals surface area contributed by atoms with E-state index in [4.69, 9.17) is 4.42 Å². The molecule has 3 aromatic heterocycles. The average molecular weight is 437 g/mol. The zero-order chi connectivity index (χ0) is 22.1. The Morgan fingerprint density at radius 1 is 1.09 bits per heavy atom. The van der Waals surface area contributed by atoms with Gasteiger partial charge < -0.3 is 9.32 Å². The number of halogens is 2. The monoisotopic (exact) mass is 437 g/mol. The van der Waals surface area contributed by atoms with Crippen LogP contribution in [0.5, 0.6) is 0 Å². The fourth-order valence-electron chi connectivity index (χ4n) is 3.75. The van der Waals surface area contributed by atoms with E-state index in [1.807, 2.05) is 12.3 Å². The van der Waals surface area contributed by atoms with Gasteiger partial charge in [0.05, 0.1) is 24.0 Å². The Labute approximate surface area is 182 Å². The highest BCUT2D eigenvalue weighted by atomic mass is 19.3. The summed E-state index contributed by atoms with van der Waals surface area (Å²) in [5.41, 5.74) is 4.39. The van der Waals surface area contributed by atoms with Crippen LogP contribution < -0.4 is 0 Å². The van der Waals surface area contributed by atoms with Crippen molar-refractivity contribution in [3.63, 3.8) is 0 Å². The summed E-state index contributed by atoms with van der Waals surface area (Å²) in [5, 5.41) is 15.5. The van der Waals surface area contributed by atoms with Gasteiger partial charge in [-0.25, -0.2) is 4.68 Å². The number of benzene rings is 1. The molecule has 1 aliphatic rings. The predicted octanol–water partition coefficient (Wildman–Crippen LogP) is 3.80. The van der Waals surface area contributed by atoms with Crippen LogP contribution in [-0.4, -0.2) is 54.7 Å². The molecule has 0 bridgehead atoms. The summed E-state index contributed by atoms with van der Waals surface area (Å²) >= 11 is 0. The van der Waals surface area contributed by atoms with Gasteiger partial charge in [-0.2, -0.15) is 8.78 Å². The van der Waals surface area contributed by atoms with Gasteiger partial charge in [-0.05, 0) is 30.3 Å². The van der Waals surface area contributed by atoms with E-state index in [9.17, 15) is 8.78 Å². The number of alkyl halides is 2. The predicted molar refractivity (Wildman–Crippen MR) is 112 cm³/mol. The standard InChI is InChI=1S/C22H21F2N7O/c1-2-30-10-17(11-30)14-4-3-5-15(8-14)19-13-31(29-26-19)12-18-7-6-16(9-25-18)21-27-28-22(32-21)20(23)24/h3-9,13,17,20H,2,10-12H2,1H3. The van der Waals surface area contributed by atoms with Gasteiger partial charge in [-0.3, -0.25) is 4.98 Å². The van der Waals surface area contributed by atoms with Crippen LogP contribution in [0.1, 0.15) is 36.4 Å². The van der Waals surface area contributed by atoms with Crippen molar-refractivity contribution >= 4 is 0 Å².